The number of nitrogens with zero attached hydrogens (tertiary/aromatic N) is 1. The lowest BCUT2D eigenvalue weighted by atomic mass is 10.1. The Bertz CT molecular complexity index is 1450. The van der Waals surface area contributed by atoms with Gasteiger partial charge in [-0.25, -0.2) is 21.1 Å². The molecule has 1 amide bonds. The number of amides is 1. The van der Waals surface area contributed by atoms with Crippen molar-refractivity contribution in [3.8, 4) is 11.1 Å². The van der Waals surface area contributed by atoms with Crippen LogP contribution in [0.2, 0.25) is 0 Å². The van der Waals surface area contributed by atoms with Gasteiger partial charge in [-0.1, -0.05) is 54.6 Å². The summed E-state index contributed by atoms with van der Waals surface area (Å²) in [4.78, 5) is 30.7. The molecule has 3 aromatic carbocycles. The van der Waals surface area contributed by atoms with E-state index in [4.69, 9.17) is 0 Å². The quantitative estimate of drug-likeness (QED) is 0.343. The number of fused-ring (bicyclic) bond motifs is 1. The Hall–Kier alpha value is -3.54. The number of benzene rings is 3. The molecule has 9 nitrogen and oxygen atoms in total. The largest absolute Gasteiger partial charge is 0.356 e. The minimum Gasteiger partial charge on any atom is -0.356 e. The SMILES string of the molecule is O=C(CCCCN1C(=O)c2ccccc2S1(=O)=O)ONS(=O)(=O)c1ccc(-c2ccccc2)cc1. The molecule has 11 heteroatoms. The van der Waals surface area contributed by atoms with Gasteiger partial charge in [-0.3, -0.25) is 9.59 Å². The summed E-state index contributed by atoms with van der Waals surface area (Å²) in [6, 6.07) is 21.5. The Kier molecular flexibility index (Phi) is 7.01. The number of hydrogen-bond donors (Lipinski definition) is 1. The topological polar surface area (TPSA) is 127 Å². The van der Waals surface area contributed by atoms with Crippen molar-refractivity contribution in [2.45, 2.75) is 29.1 Å². The number of unbranched alkanes of at least 4 members (excludes halogenated alkanes) is 1. The predicted molar refractivity (Wildman–Crippen MR) is 127 cm³/mol. The van der Waals surface area contributed by atoms with Crippen LogP contribution in [0.5, 0.6) is 0 Å². The van der Waals surface area contributed by atoms with Crippen LogP contribution in [0.15, 0.2) is 88.7 Å². The lowest BCUT2D eigenvalue weighted by Crippen LogP contribution is -2.31. The van der Waals surface area contributed by atoms with Crippen molar-refractivity contribution in [3.63, 3.8) is 0 Å². The summed E-state index contributed by atoms with van der Waals surface area (Å²) in [6.07, 6.45) is 0.244. The van der Waals surface area contributed by atoms with Gasteiger partial charge < -0.3 is 4.84 Å². The van der Waals surface area contributed by atoms with Gasteiger partial charge in [0, 0.05) is 13.0 Å². The second kappa shape index (κ2) is 9.98. The fraction of sp³-hybridized carbons (Fsp3) is 0.167. The molecule has 0 bridgehead atoms. The minimum absolute atomic E-state index is 0.0318. The van der Waals surface area contributed by atoms with E-state index in [1.54, 1.807) is 24.3 Å². The highest BCUT2D eigenvalue weighted by Gasteiger charge is 2.40. The van der Waals surface area contributed by atoms with Crippen LogP contribution in [-0.2, 0) is 29.7 Å². The molecule has 0 fully saturated rings. The Morgan fingerprint density at radius 2 is 1.49 bits per heavy atom. The maximum absolute atomic E-state index is 12.5. The van der Waals surface area contributed by atoms with E-state index in [1.165, 1.54) is 24.3 Å². The predicted octanol–water partition coefficient (Wildman–Crippen LogP) is 3.11. The Morgan fingerprint density at radius 1 is 0.857 bits per heavy atom. The smallest absolute Gasteiger partial charge is 0.326 e. The lowest BCUT2D eigenvalue weighted by molar-refractivity contribution is -0.147. The molecule has 1 aliphatic heterocycles. The average Bonchev–Trinajstić information content (AvgIpc) is 3.06. The first-order valence-corrected chi connectivity index (χ1v) is 13.7. The monoisotopic (exact) mass is 514 g/mol. The second-order valence-electron chi connectivity index (χ2n) is 7.79. The van der Waals surface area contributed by atoms with E-state index < -0.39 is 31.9 Å². The van der Waals surface area contributed by atoms with Crippen LogP contribution in [0, 0.1) is 0 Å². The fourth-order valence-corrected chi connectivity index (χ4v) is 6.04. The number of sulfonamides is 2. The number of hydrogen-bond acceptors (Lipinski definition) is 7. The summed E-state index contributed by atoms with van der Waals surface area (Å²) in [5.41, 5.74) is 1.89. The molecular formula is C24H22N2O7S2. The van der Waals surface area contributed by atoms with Crippen LogP contribution in [0.1, 0.15) is 29.6 Å². The third-order valence-corrected chi connectivity index (χ3v) is 8.48. The van der Waals surface area contributed by atoms with Crippen LogP contribution in [0.3, 0.4) is 0 Å². The van der Waals surface area contributed by atoms with Crippen molar-refractivity contribution >= 4 is 31.9 Å². The van der Waals surface area contributed by atoms with Crippen LogP contribution >= 0.6 is 0 Å². The third-order valence-electron chi connectivity index (χ3n) is 5.44. The molecule has 0 aromatic heterocycles. The maximum Gasteiger partial charge on any atom is 0.326 e. The van der Waals surface area contributed by atoms with Gasteiger partial charge in [-0.05, 0) is 53.1 Å². The number of nitrogens with one attached hydrogen (secondary N) is 1. The van der Waals surface area contributed by atoms with Crippen LogP contribution in [0.25, 0.3) is 11.1 Å². The second-order valence-corrected chi connectivity index (χ2v) is 11.3. The zero-order valence-electron chi connectivity index (χ0n) is 18.5. The zero-order valence-corrected chi connectivity index (χ0v) is 20.1. The molecule has 0 saturated heterocycles. The van der Waals surface area contributed by atoms with Gasteiger partial charge in [0.25, 0.3) is 26.0 Å². The van der Waals surface area contributed by atoms with Gasteiger partial charge in [-0.15, -0.1) is 0 Å². The first kappa shape index (κ1) is 24.6. The molecule has 1 heterocycles. The third kappa shape index (κ3) is 5.26. The summed E-state index contributed by atoms with van der Waals surface area (Å²) < 4.78 is 50.6. The first-order chi connectivity index (χ1) is 16.7. The molecule has 0 saturated carbocycles. The van der Waals surface area contributed by atoms with E-state index in [1.807, 2.05) is 35.2 Å². The van der Waals surface area contributed by atoms with E-state index in [2.05, 4.69) is 4.84 Å². The molecule has 0 unspecified atom stereocenters. The van der Waals surface area contributed by atoms with Crippen molar-refractivity contribution < 1.29 is 31.3 Å². The van der Waals surface area contributed by atoms with Gasteiger partial charge >= 0.3 is 5.97 Å². The molecule has 0 radical (unpaired) electrons. The summed E-state index contributed by atoms with van der Waals surface area (Å²) in [6.45, 7) is -0.0946. The highest BCUT2D eigenvalue weighted by molar-refractivity contribution is 7.90. The first-order valence-electron chi connectivity index (χ1n) is 10.7. The van der Waals surface area contributed by atoms with Gasteiger partial charge in [0.1, 0.15) is 4.90 Å². The molecule has 0 atom stereocenters. The normalized spacial score (nSPS) is 14.5. The lowest BCUT2D eigenvalue weighted by Gasteiger charge is -2.14. The Morgan fingerprint density at radius 3 is 2.17 bits per heavy atom. The van der Waals surface area contributed by atoms with Crippen molar-refractivity contribution in [1.29, 1.82) is 0 Å². The molecule has 1 aliphatic rings. The van der Waals surface area contributed by atoms with Crippen LogP contribution in [0.4, 0.5) is 0 Å². The Labute approximate surface area is 203 Å². The summed E-state index contributed by atoms with van der Waals surface area (Å²) in [5.74, 6) is -1.43. The van der Waals surface area contributed by atoms with Crippen molar-refractivity contribution in [2.24, 2.45) is 0 Å². The van der Waals surface area contributed by atoms with Gasteiger partial charge in [0.2, 0.25) is 0 Å². The zero-order chi connectivity index (χ0) is 25.1. The molecule has 35 heavy (non-hydrogen) atoms. The van der Waals surface area contributed by atoms with E-state index >= 15 is 0 Å². The van der Waals surface area contributed by atoms with Crippen molar-refractivity contribution in [2.75, 3.05) is 6.54 Å². The number of carbonyl (C=O) groups excluding carboxylic acids is 2. The van der Waals surface area contributed by atoms with E-state index in [0.717, 1.165) is 15.4 Å². The van der Waals surface area contributed by atoms with E-state index in [-0.39, 0.29) is 41.2 Å². The number of carbonyl (C=O) groups is 2. The molecule has 1 N–H and O–H groups in total. The summed E-state index contributed by atoms with van der Waals surface area (Å²) in [7, 11) is -7.98. The standard InChI is InChI=1S/C24H22N2O7S2/c27-23(12-6-7-17-26-24(28)21-10-4-5-11-22(21)35(26,31)32)33-25-34(29,30)20-15-13-19(14-16-20)18-8-2-1-3-9-18/h1-5,8-11,13-16,25H,6-7,12,17H2. The van der Waals surface area contributed by atoms with Crippen LogP contribution < -0.4 is 4.89 Å². The average molecular weight is 515 g/mol. The molecule has 4 rings (SSSR count). The minimum atomic E-state index is -4.08. The maximum atomic E-state index is 12.5. The molecule has 0 spiro atoms. The highest BCUT2D eigenvalue weighted by atomic mass is 32.2. The molecular weight excluding hydrogens is 492 g/mol. The van der Waals surface area contributed by atoms with Crippen LogP contribution in [-0.4, -0.2) is 39.6 Å². The molecule has 0 aliphatic carbocycles. The summed E-state index contributed by atoms with van der Waals surface area (Å²) >= 11 is 0. The molecule has 3 aromatic rings. The van der Waals surface area contributed by atoms with Gasteiger partial charge in [0.05, 0.1) is 10.5 Å². The van der Waals surface area contributed by atoms with E-state index in [9.17, 15) is 26.4 Å². The Balaban J connectivity index is 1.25. The molecule has 182 valence electrons. The number of rotatable bonds is 9. The van der Waals surface area contributed by atoms with Gasteiger partial charge in [0.15, 0.2) is 0 Å². The van der Waals surface area contributed by atoms with Crippen molar-refractivity contribution in [3.05, 3.63) is 84.4 Å². The highest BCUT2D eigenvalue weighted by Crippen LogP contribution is 2.30. The summed E-state index contributed by atoms with van der Waals surface area (Å²) in [5, 5.41) is 0. The van der Waals surface area contributed by atoms with Crippen molar-refractivity contribution in [1.82, 2.24) is 9.19 Å². The van der Waals surface area contributed by atoms with E-state index in [0.29, 0.717) is 0 Å². The fourth-order valence-electron chi connectivity index (χ4n) is 3.63. The van der Waals surface area contributed by atoms with Gasteiger partial charge in [-0.2, -0.15) is 0 Å².